The number of nitrogens with zero attached hydrogens (tertiary/aromatic N) is 1. The fourth-order valence-electron chi connectivity index (χ4n) is 1.89. The molecule has 0 aliphatic rings. The van der Waals surface area contributed by atoms with Gasteiger partial charge in [0, 0.05) is 18.8 Å². The average molecular weight is 240 g/mol. The first-order valence-electron chi connectivity index (χ1n) is 6.25. The Bertz CT molecular complexity index is 460. The van der Waals surface area contributed by atoms with Crippen molar-refractivity contribution in [3.8, 4) is 0 Å². The second-order valence-electron chi connectivity index (χ2n) is 4.77. The number of hydrogen-bond acceptors (Lipinski definition) is 2. The smallest absolute Gasteiger partial charge is 0.0400 e. The van der Waals surface area contributed by atoms with Gasteiger partial charge < -0.3 is 10.2 Å². The van der Waals surface area contributed by atoms with E-state index in [1.54, 1.807) is 0 Å². The van der Waals surface area contributed by atoms with Crippen molar-refractivity contribution in [1.29, 1.82) is 0 Å². The Kier molecular flexibility index (Phi) is 4.37. The molecule has 0 saturated heterocycles. The molecule has 0 aliphatic heterocycles. The second-order valence-corrected chi connectivity index (χ2v) is 4.77. The third kappa shape index (κ3) is 3.90. The van der Waals surface area contributed by atoms with Crippen LogP contribution >= 0.6 is 0 Å². The SMILES string of the molecule is CN(C)Cc1ccc(NCc2ccccc2)cc1. The fraction of sp³-hybridized carbons (Fsp3) is 0.250. The quantitative estimate of drug-likeness (QED) is 0.862. The molecule has 94 valence electrons. The van der Waals surface area contributed by atoms with Crippen LogP contribution < -0.4 is 5.32 Å². The molecule has 0 unspecified atom stereocenters. The molecule has 0 saturated carbocycles. The van der Waals surface area contributed by atoms with Gasteiger partial charge in [0.05, 0.1) is 0 Å². The van der Waals surface area contributed by atoms with Gasteiger partial charge in [0.15, 0.2) is 0 Å². The van der Waals surface area contributed by atoms with Crippen LogP contribution in [-0.2, 0) is 13.1 Å². The van der Waals surface area contributed by atoms with Crippen molar-refractivity contribution in [3.63, 3.8) is 0 Å². The first-order chi connectivity index (χ1) is 8.74. The van der Waals surface area contributed by atoms with Crippen LogP contribution in [0.3, 0.4) is 0 Å². The minimum Gasteiger partial charge on any atom is -0.381 e. The van der Waals surface area contributed by atoms with Crippen molar-refractivity contribution in [3.05, 3.63) is 65.7 Å². The molecule has 0 radical (unpaired) electrons. The number of benzene rings is 2. The van der Waals surface area contributed by atoms with Gasteiger partial charge in [0.1, 0.15) is 0 Å². The van der Waals surface area contributed by atoms with Crippen molar-refractivity contribution >= 4 is 5.69 Å². The number of rotatable bonds is 5. The molecule has 2 heteroatoms. The van der Waals surface area contributed by atoms with Crippen molar-refractivity contribution in [2.45, 2.75) is 13.1 Å². The van der Waals surface area contributed by atoms with Gasteiger partial charge in [-0.05, 0) is 37.4 Å². The molecule has 0 aromatic heterocycles. The van der Waals surface area contributed by atoms with E-state index in [4.69, 9.17) is 0 Å². The summed E-state index contributed by atoms with van der Waals surface area (Å²) in [6.07, 6.45) is 0. The molecule has 2 rings (SSSR count). The molecular weight excluding hydrogens is 220 g/mol. The minimum atomic E-state index is 0.869. The van der Waals surface area contributed by atoms with Crippen LogP contribution in [0.15, 0.2) is 54.6 Å². The molecule has 0 aliphatic carbocycles. The Morgan fingerprint density at radius 1 is 0.833 bits per heavy atom. The highest BCUT2D eigenvalue weighted by Crippen LogP contribution is 2.12. The lowest BCUT2D eigenvalue weighted by Gasteiger charge is -2.11. The number of nitrogens with one attached hydrogen (secondary N) is 1. The van der Waals surface area contributed by atoms with E-state index in [9.17, 15) is 0 Å². The Morgan fingerprint density at radius 2 is 1.50 bits per heavy atom. The first kappa shape index (κ1) is 12.7. The maximum Gasteiger partial charge on any atom is 0.0400 e. The van der Waals surface area contributed by atoms with Crippen LogP contribution in [-0.4, -0.2) is 19.0 Å². The monoisotopic (exact) mass is 240 g/mol. The Labute approximate surface area is 109 Å². The highest BCUT2D eigenvalue weighted by atomic mass is 15.0. The Hall–Kier alpha value is -1.80. The van der Waals surface area contributed by atoms with Gasteiger partial charge in [-0.3, -0.25) is 0 Å². The predicted octanol–water partition coefficient (Wildman–Crippen LogP) is 3.36. The molecule has 1 N–H and O–H groups in total. The highest BCUT2D eigenvalue weighted by Gasteiger charge is 1.96. The summed E-state index contributed by atoms with van der Waals surface area (Å²) in [5.41, 5.74) is 3.81. The molecular formula is C16H20N2. The standard InChI is InChI=1S/C16H20N2/c1-18(2)13-15-8-10-16(11-9-15)17-12-14-6-4-3-5-7-14/h3-11,17H,12-13H2,1-2H3. The van der Waals surface area contributed by atoms with Crippen molar-refractivity contribution in [1.82, 2.24) is 4.90 Å². The fourth-order valence-corrected chi connectivity index (χ4v) is 1.89. The van der Waals surface area contributed by atoms with E-state index in [1.807, 2.05) is 6.07 Å². The summed E-state index contributed by atoms with van der Waals surface area (Å²) in [7, 11) is 4.17. The van der Waals surface area contributed by atoms with Gasteiger partial charge in [-0.2, -0.15) is 0 Å². The predicted molar refractivity (Wildman–Crippen MR) is 77.6 cm³/mol. The minimum absolute atomic E-state index is 0.869. The van der Waals surface area contributed by atoms with Gasteiger partial charge in [0.2, 0.25) is 0 Å². The summed E-state index contributed by atoms with van der Waals surface area (Å²) < 4.78 is 0. The zero-order valence-corrected chi connectivity index (χ0v) is 11.1. The average Bonchev–Trinajstić information content (AvgIpc) is 2.38. The van der Waals surface area contributed by atoms with Crippen molar-refractivity contribution in [2.75, 3.05) is 19.4 Å². The van der Waals surface area contributed by atoms with Gasteiger partial charge >= 0.3 is 0 Å². The Morgan fingerprint density at radius 3 is 2.11 bits per heavy atom. The summed E-state index contributed by atoms with van der Waals surface area (Å²) in [5, 5.41) is 3.43. The van der Waals surface area contributed by atoms with Crippen LogP contribution in [0.4, 0.5) is 5.69 Å². The summed E-state index contributed by atoms with van der Waals surface area (Å²) in [5.74, 6) is 0. The van der Waals surface area contributed by atoms with E-state index in [0.717, 1.165) is 13.1 Å². The topological polar surface area (TPSA) is 15.3 Å². The number of anilines is 1. The normalized spacial score (nSPS) is 10.6. The lowest BCUT2D eigenvalue weighted by molar-refractivity contribution is 0.402. The third-order valence-corrected chi connectivity index (χ3v) is 2.79. The zero-order chi connectivity index (χ0) is 12.8. The molecule has 0 atom stereocenters. The summed E-state index contributed by atoms with van der Waals surface area (Å²) >= 11 is 0. The molecule has 0 bridgehead atoms. The van der Waals surface area contributed by atoms with Gasteiger partial charge in [-0.15, -0.1) is 0 Å². The van der Waals surface area contributed by atoms with Gasteiger partial charge in [-0.1, -0.05) is 42.5 Å². The molecule has 2 aromatic rings. The second kappa shape index (κ2) is 6.22. The van der Waals surface area contributed by atoms with Crippen LogP contribution in [0, 0.1) is 0 Å². The van der Waals surface area contributed by atoms with Crippen molar-refractivity contribution in [2.24, 2.45) is 0 Å². The lowest BCUT2D eigenvalue weighted by Crippen LogP contribution is -2.10. The van der Waals surface area contributed by atoms with Crippen LogP contribution in [0.2, 0.25) is 0 Å². The van der Waals surface area contributed by atoms with Crippen LogP contribution in [0.5, 0.6) is 0 Å². The van der Waals surface area contributed by atoms with E-state index in [0.29, 0.717) is 0 Å². The van der Waals surface area contributed by atoms with Crippen molar-refractivity contribution < 1.29 is 0 Å². The van der Waals surface area contributed by atoms with Crippen LogP contribution in [0.25, 0.3) is 0 Å². The van der Waals surface area contributed by atoms with Crippen LogP contribution in [0.1, 0.15) is 11.1 Å². The van der Waals surface area contributed by atoms with E-state index < -0.39 is 0 Å². The molecule has 2 aromatic carbocycles. The van der Waals surface area contributed by atoms with E-state index in [-0.39, 0.29) is 0 Å². The Balaban J connectivity index is 1.90. The maximum atomic E-state index is 3.43. The summed E-state index contributed by atoms with van der Waals surface area (Å²) in [4.78, 5) is 2.17. The number of hydrogen-bond donors (Lipinski definition) is 1. The third-order valence-electron chi connectivity index (χ3n) is 2.79. The molecule has 0 heterocycles. The summed E-state index contributed by atoms with van der Waals surface area (Å²) in [6.45, 7) is 1.85. The summed E-state index contributed by atoms with van der Waals surface area (Å²) in [6, 6.07) is 19.1. The van der Waals surface area contributed by atoms with E-state index >= 15 is 0 Å². The molecule has 0 spiro atoms. The molecule has 18 heavy (non-hydrogen) atoms. The molecule has 2 nitrogen and oxygen atoms in total. The van der Waals surface area contributed by atoms with Gasteiger partial charge in [-0.25, -0.2) is 0 Å². The lowest BCUT2D eigenvalue weighted by atomic mass is 10.2. The molecule has 0 fully saturated rings. The zero-order valence-electron chi connectivity index (χ0n) is 11.1. The van der Waals surface area contributed by atoms with E-state index in [2.05, 4.69) is 72.8 Å². The molecule has 0 amide bonds. The van der Waals surface area contributed by atoms with E-state index in [1.165, 1.54) is 16.8 Å². The van der Waals surface area contributed by atoms with Gasteiger partial charge in [0.25, 0.3) is 0 Å². The highest BCUT2D eigenvalue weighted by molar-refractivity contribution is 5.45. The largest absolute Gasteiger partial charge is 0.381 e. The maximum absolute atomic E-state index is 3.43. The first-order valence-corrected chi connectivity index (χ1v) is 6.25.